The zero-order valence-corrected chi connectivity index (χ0v) is 33.9. The van der Waals surface area contributed by atoms with Crippen molar-refractivity contribution in [1.29, 1.82) is 0 Å². The van der Waals surface area contributed by atoms with E-state index in [2.05, 4.69) is 48.2 Å². The van der Waals surface area contributed by atoms with Crippen molar-refractivity contribution in [3.8, 4) is 0 Å². The number of aliphatic hydroxyl groups is 1. The van der Waals surface area contributed by atoms with E-state index < -0.39 is 27.9 Å². The molecule has 4 N–H and O–H groups in total. The van der Waals surface area contributed by atoms with E-state index in [1.807, 2.05) is 18.2 Å². The van der Waals surface area contributed by atoms with E-state index in [1.165, 1.54) is 22.7 Å². The van der Waals surface area contributed by atoms with Crippen LogP contribution in [0.5, 0.6) is 0 Å². The van der Waals surface area contributed by atoms with Crippen LogP contribution in [-0.4, -0.2) is 98.7 Å². The van der Waals surface area contributed by atoms with Gasteiger partial charge in [0.1, 0.15) is 11.4 Å². The summed E-state index contributed by atoms with van der Waals surface area (Å²) in [6.07, 6.45) is 2.91. The van der Waals surface area contributed by atoms with E-state index in [4.69, 9.17) is 11.6 Å². The number of halogens is 4. The maximum Gasteiger partial charge on any atom is 0.421 e. The Morgan fingerprint density at radius 2 is 1.60 bits per heavy atom. The summed E-state index contributed by atoms with van der Waals surface area (Å²) < 4.78 is 69.2. The summed E-state index contributed by atoms with van der Waals surface area (Å²) in [5.41, 5.74) is 1.33. The van der Waals surface area contributed by atoms with Crippen molar-refractivity contribution >= 4 is 56.6 Å². The summed E-state index contributed by atoms with van der Waals surface area (Å²) in [6.45, 7) is 6.55. The second-order valence-electron chi connectivity index (χ2n) is 14.8. The van der Waals surface area contributed by atoms with Gasteiger partial charge in [-0.1, -0.05) is 36.9 Å². The van der Waals surface area contributed by atoms with Crippen LogP contribution >= 0.6 is 11.6 Å². The fourth-order valence-electron chi connectivity index (χ4n) is 7.02. The molecule has 3 saturated heterocycles. The molecule has 13 nitrogen and oxygen atoms in total. The lowest BCUT2D eigenvalue weighted by molar-refractivity contribution is -0.137. The Morgan fingerprint density at radius 3 is 2.19 bits per heavy atom. The molecule has 2 amide bonds. The molecule has 1 unspecified atom stereocenters. The molecule has 4 fully saturated rings. The molecule has 3 aromatic rings. The zero-order valence-electron chi connectivity index (χ0n) is 32.3. The van der Waals surface area contributed by atoms with Crippen LogP contribution in [0.25, 0.3) is 0 Å². The predicted molar refractivity (Wildman–Crippen MR) is 214 cm³/mol. The Balaban J connectivity index is 0.000000228. The Morgan fingerprint density at radius 1 is 0.895 bits per heavy atom. The normalized spacial score (nSPS) is 19.8. The maximum absolute atomic E-state index is 13.6. The summed E-state index contributed by atoms with van der Waals surface area (Å²) in [4.78, 5) is 34.9. The number of aryl methyl sites for hydroxylation is 1. The third kappa shape index (κ3) is 13.2. The molecular formula is C39H52ClF3N8O5S. The van der Waals surface area contributed by atoms with Gasteiger partial charge in [-0.3, -0.25) is 14.9 Å². The number of β-amino-alcohol motifs (C(OH)–C–C–N with tert-alkyl or cyclic N) is 1. The number of nitrogens with zero attached hydrogens (tertiary/aromatic N) is 5. The lowest BCUT2D eigenvalue weighted by atomic mass is 9.96. The lowest BCUT2D eigenvalue weighted by Crippen LogP contribution is -2.44. The van der Waals surface area contributed by atoms with Gasteiger partial charge in [-0.2, -0.15) is 18.2 Å². The molecule has 1 saturated carbocycles. The van der Waals surface area contributed by atoms with Gasteiger partial charge in [0.05, 0.1) is 11.0 Å². The van der Waals surface area contributed by atoms with Crippen LogP contribution in [0.15, 0.2) is 53.6 Å². The van der Waals surface area contributed by atoms with Crippen molar-refractivity contribution in [2.75, 3.05) is 61.4 Å². The number of anilines is 4. The van der Waals surface area contributed by atoms with Crippen molar-refractivity contribution in [3.05, 3.63) is 64.8 Å². The molecule has 57 heavy (non-hydrogen) atoms. The first kappa shape index (κ1) is 44.1. The summed E-state index contributed by atoms with van der Waals surface area (Å²) in [6, 6.07) is 12.5. The Labute approximate surface area is 337 Å². The highest BCUT2D eigenvalue weighted by molar-refractivity contribution is 7.89. The molecule has 18 heteroatoms. The van der Waals surface area contributed by atoms with Crippen molar-refractivity contribution in [2.45, 2.75) is 94.3 Å². The number of aliphatic hydroxyl groups excluding tert-OH is 1. The number of carbonyl (C=O) groups excluding carboxylic acids is 2. The third-order valence-electron chi connectivity index (χ3n) is 10.2. The molecule has 1 atom stereocenters. The Bertz CT molecular complexity index is 1930. The SMILES string of the molecule is CN1CCN(c2cccc(Cl)c2)CC1.Cc1cc(S(=O)(=O)NC2CCCCC2)ccc1Nc1ncc(C(F)(F)F)c(N2CCCC(O)C2)n1.O=C1CCCC(=O)N1. The third-order valence-corrected chi connectivity index (χ3v) is 12.0. The van der Waals surface area contributed by atoms with Crippen molar-refractivity contribution < 1.29 is 36.3 Å². The number of aromatic nitrogens is 2. The standard InChI is InChI=1S/C23H30F3N5O3S.C11H15ClN2.C5H7NO2/c1-15-12-18(35(33,34)30-16-6-3-2-4-7-16)9-10-20(15)28-22-27-13-19(23(24,25)26)21(29-22)31-11-5-8-17(32)14-31;1-13-5-7-14(8-6-13)11-4-2-3-10(12)9-11;7-4-2-1-3-5(8)6-4/h9-10,12-13,16-17,30,32H,2-8,11,14H2,1H3,(H,27,28,29);2-4,9H,5-8H2,1H3;1-3H2,(H,6,7,8). The van der Waals surface area contributed by atoms with Crippen LogP contribution in [-0.2, 0) is 25.8 Å². The van der Waals surface area contributed by atoms with Gasteiger partial charge in [0.15, 0.2) is 0 Å². The number of amides is 2. The number of alkyl halides is 3. The van der Waals surface area contributed by atoms with E-state index in [0.717, 1.165) is 69.5 Å². The molecule has 312 valence electrons. The molecule has 7 rings (SSSR count). The summed E-state index contributed by atoms with van der Waals surface area (Å²) in [7, 11) is -1.52. The Kier molecular flexibility index (Phi) is 15.5. The highest BCUT2D eigenvalue weighted by Crippen LogP contribution is 2.37. The summed E-state index contributed by atoms with van der Waals surface area (Å²) in [5.74, 6) is -0.614. The van der Waals surface area contributed by atoms with Crippen molar-refractivity contribution in [3.63, 3.8) is 0 Å². The zero-order chi connectivity index (χ0) is 41.2. The molecule has 4 aliphatic rings. The van der Waals surface area contributed by atoms with E-state index >= 15 is 0 Å². The van der Waals surface area contributed by atoms with Gasteiger partial charge in [0.2, 0.25) is 27.8 Å². The topological polar surface area (TPSA) is 160 Å². The average molecular weight is 837 g/mol. The van der Waals surface area contributed by atoms with Crippen LogP contribution in [0.4, 0.5) is 36.3 Å². The molecule has 3 aliphatic heterocycles. The number of nitrogens with one attached hydrogen (secondary N) is 3. The number of carbonyl (C=O) groups is 2. The first-order valence-electron chi connectivity index (χ1n) is 19.4. The minimum Gasteiger partial charge on any atom is -0.391 e. The fraction of sp³-hybridized carbons (Fsp3) is 0.538. The van der Waals surface area contributed by atoms with Crippen molar-refractivity contribution in [1.82, 2.24) is 24.9 Å². The molecular weight excluding hydrogens is 785 g/mol. The minimum atomic E-state index is -4.65. The maximum atomic E-state index is 13.6. The molecule has 0 bridgehead atoms. The number of rotatable bonds is 7. The second kappa shape index (κ2) is 20.1. The summed E-state index contributed by atoms with van der Waals surface area (Å²) >= 11 is 5.96. The first-order chi connectivity index (χ1) is 27.1. The molecule has 2 aromatic carbocycles. The van der Waals surface area contributed by atoms with Gasteiger partial charge in [-0.05, 0) is 88.0 Å². The van der Waals surface area contributed by atoms with Gasteiger partial charge in [-0.15, -0.1) is 0 Å². The van der Waals surface area contributed by atoms with Gasteiger partial charge in [0.25, 0.3) is 0 Å². The van der Waals surface area contributed by atoms with E-state index in [1.54, 1.807) is 13.0 Å². The Hall–Kier alpha value is -4.03. The number of sulfonamides is 1. The smallest absolute Gasteiger partial charge is 0.391 e. The van der Waals surface area contributed by atoms with Crippen LogP contribution in [0, 0.1) is 6.92 Å². The highest BCUT2D eigenvalue weighted by Gasteiger charge is 2.38. The molecule has 4 heterocycles. The average Bonchev–Trinajstić information content (AvgIpc) is 3.16. The number of benzene rings is 2. The molecule has 0 radical (unpaired) electrons. The second-order valence-corrected chi connectivity index (χ2v) is 17.0. The lowest BCUT2D eigenvalue weighted by Gasteiger charge is -2.34. The van der Waals surface area contributed by atoms with Gasteiger partial charge in [-0.25, -0.2) is 18.1 Å². The first-order valence-corrected chi connectivity index (χ1v) is 21.2. The van der Waals surface area contributed by atoms with Crippen LogP contribution in [0.3, 0.4) is 0 Å². The number of hydrogen-bond donors (Lipinski definition) is 4. The highest BCUT2D eigenvalue weighted by atomic mass is 35.5. The quantitative estimate of drug-likeness (QED) is 0.206. The minimum absolute atomic E-state index is 0.0490. The number of likely N-dealkylation sites (N-methyl/N-ethyl adjacent to an activating group) is 1. The van der Waals surface area contributed by atoms with E-state index in [0.29, 0.717) is 49.9 Å². The predicted octanol–water partition coefficient (Wildman–Crippen LogP) is 6.02. The molecule has 1 aliphatic carbocycles. The largest absolute Gasteiger partial charge is 0.421 e. The van der Waals surface area contributed by atoms with Gasteiger partial charge < -0.3 is 25.1 Å². The number of imide groups is 1. The summed E-state index contributed by atoms with van der Waals surface area (Å²) in [5, 5.41) is 15.9. The monoisotopic (exact) mass is 836 g/mol. The van der Waals surface area contributed by atoms with Gasteiger partial charge >= 0.3 is 6.18 Å². The van der Waals surface area contributed by atoms with Crippen molar-refractivity contribution in [2.24, 2.45) is 0 Å². The van der Waals surface area contributed by atoms with Crippen LogP contribution < -0.4 is 25.2 Å². The number of piperidine rings is 2. The van der Waals surface area contributed by atoms with E-state index in [-0.39, 0.29) is 41.1 Å². The van der Waals surface area contributed by atoms with E-state index in [9.17, 15) is 36.3 Å². The number of piperazine rings is 1. The fourth-order valence-corrected chi connectivity index (χ4v) is 8.59. The number of hydrogen-bond acceptors (Lipinski definition) is 11. The molecule has 1 aromatic heterocycles. The van der Waals surface area contributed by atoms with Crippen LogP contribution in [0.2, 0.25) is 5.02 Å². The molecule has 0 spiro atoms. The van der Waals surface area contributed by atoms with Crippen LogP contribution in [0.1, 0.15) is 75.3 Å². The van der Waals surface area contributed by atoms with Gasteiger partial charge in [0, 0.05) is 80.7 Å².